The Morgan fingerprint density at radius 3 is 2.52 bits per heavy atom. The Morgan fingerprint density at radius 1 is 1.05 bits per heavy atom. The van der Waals surface area contributed by atoms with Gasteiger partial charge in [0.2, 0.25) is 9.84 Å². The predicted molar refractivity (Wildman–Crippen MR) is 79.6 cm³/mol. The maximum absolute atomic E-state index is 12.6. The van der Waals surface area contributed by atoms with Crippen molar-refractivity contribution in [3.8, 4) is 6.07 Å². The van der Waals surface area contributed by atoms with Crippen molar-refractivity contribution >= 4 is 9.84 Å². The van der Waals surface area contributed by atoms with Gasteiger partial charge in [0.1, 0.15) is 0 Å². The minimum absolute atomic E-state index is 0.109. The zero-order valence-corrected chi connectivity index (χ0v) is 12.3. The summed E-state index contributed by atoms with van der Waals surface area (Å²) in [6.45, 7) is 0. The van der Waals surface area contributed by atoms with Crippen molar-refractivity contribution in [1.82, 2.24) is 0 Å². The second-order valence-corrected chi connectivity index (χ2v) is 7.20. The number of hydrogen-bond acceptors (Lipinski definition) is 3. The number of benzene rings is 2. The molecule has 1 aliphatic carbocycles. The van der Waals surface area contributed by atoms with Crippen molar-refractivity contribution < 1.29 is 8.42 Å². The lowest BCUT2D eigenvalue weighted by molar-refractivity contribution is 0.594. The van der Waals surface area contributed by atoms with Crippen LogP contribution < -0.4 is 0 Å². The maximum atomic E-state index is 12.6. The molecule has 0 radical (unpaired) electrons. The van der Waals surface area contributed by atoms with Gasteiger partial charge in [-0.15, -0.1) is 0 Å². The summed E-state index contributed by atoms with van der Waals surface area (Å²) < 4.78 is 25.2. The van der Waals surface area contributed by atoms with Crippen LogP contribution >= 0.6 is 0 Å². The van der Waals surface area contributed by atoms with Crippen LogP contribution in [0, 0.1) is 11.3 Å². The molecule has 4 heteroatoms. The van der Waals surface area contributed by atoms with Crippen LogP contribution in [0.25, 0.3) is 0 Å². The molecule has 0 fully saturated rings. The highest BCUT2D eigenvalue weighted by atomic mass is 32.2. The molecule has 0 bridgehead atoms. The average molecular weight is 297 g/mol. The second kappa shape index (κ2) is 5.34. The Bertz CT molecular complexity index is 804. The van der Waals surface area contributed by atoms with Crippen molar-refractivity contribution in [3.05, 3.63) is 59.7 Å². The first-order chi connectivity index (χ1) is 10.1. The average Bonchev–Trinajstić information content (AvgIpc) is 2.54. The fourth-order valence-corrected chi connectivity index (χ4v) is 4.16. The molecule has 3 rings (SSSR count). The topological polar surface area (TPSA) is 57.9 Å². The number of nitriles is 1. The van der Waals surface area contributed by atoms with Crippen LogP contribution in [0.3, 0.4) is 0 Å². The Balaban J connectivity index is 2.08. The fourth-order valence-electron chi connectivity index (χ4n) is 2.83. The Hall–Kier alpha value is -2.12. The van der Waals surface area contributed by atoms with Crippen molar-refractivity contribution in [2.24, 2.45) is 0 Å². The van der Waals surface area contributed by atoms with E-state index in [1.807, 2.05) is 0 Å². The number of fused-ring (bicyclic) bond motifs is 1. The molecule has 0 aromatic heterocycles. The molecule has 0 heterocycles. The van der Waals surface area contributed by atoms with Crippen molar-refractivity contribution in [2.45, 2.75) is 35.0 Å². The quantitative estimate of drug-likeness (QED) is 0.853. The molecule has 0 saturated heterocycles. The lowest BCUT2D eigenvalue weighted by atomic mass is 9.84. The van der Waals surface area contributed by atoms with Gasteiger partial charge in [-0.05, 0) is 54.7 Å². The van der Waals surface area contributed by atoms with Crippen LogP contribution in [0.5, 0.6) is 0 Å². The molecule has 0 spiro atoms. The summed E-state index contributed by atoms with van der Waals surface area (Å²) in [5, 5.41) is 9.18. The van der Waals surface area contributed by atoms with E-state index in [0.717, 1.165) is 30.4 Å². The van der Waals surface area contributed by atoms with Crippen LogP contribution in [0.1, 0.15) is 29.9 Å². The van der Waals surface area contributed by atoms with E-state index in [4.69, 9.17) is 0 Å². The predicted octanol–water partition coefficient (Wildman–Crippen LogP) is 3.46. The second-order valence-electron chi connectivity index (χ2n) is 5.25. The molecule has 106 valence electrons. The van der Waals surface area contributed by atoms with Gasteiger partial charge < -0.3 is 0 Å². The summed E-state index contributed by atoms with van der Waals surface area (Å²) >= 11 is 0. The summed E-state index contributed by atoms with van der Waals surface area (Å²) in [5.41, 5.74) is 1.97. The van der Waals surface area contributed by atoms with Gasteiger partial charge in [-0.1, -0.05) is 24.3 Å². The maximum Gasteiger partial charge on any atom is 0.206 e. The molecule has 21 heavy (non-hydrogen) atoms. The van der Waals surface area contributed by atoms with Crippen LogP contribution in [-0.2, 0) is 16.3 Å². The molecule has 0 N–H and O–H groups in total. The summed E-state index contributed by atoms with van der Waals surface area (Å²) in [6.07, 6.45) is 2.63. The molecule has 2 aromatic rings. The van der Waals surface area contributed by atoms with Gasteiger partial charge in [-0.3, -0.25) is 0 Å². The largest absolute Gasteiger partial charge is 0.219 e. The highest BCUT2D eigenvalue weighted by Gasteiger charge is 2.23. The van der Waals surface area contributed by atoms with Gasteiger partial charge in [0.05, 0.1) is 21.8 Å². The summed E-state index contributed by atoms with van der Waals surface area (Å²) in [6, 6.07) is 15.9. The monoisotopic (exact) mass is 297 g/mol. The van der Waals surface area contributed by atoms with Crippen LogP contribution in [0.2, 0.25) is 0 Å². The zero-order chi connectivity index (χ0) is 14.9. The number of nitrogens with zero attached hydrogens (tertiary/aromatic N) is 1. The van der Waals surface area contributed by atoms with E-state index in [-0.39, 0.29) is 5.92 Å². The molecule has 1 atom stereocenters. The molecule has 0 saturated carbocycles. The van der Waals surface area contributed by atoms with Crippen molar-refractivity contribution in [3.63, 3.8) is 0 Å². The Labute approximate surface area is 124 Å². The van der Waals surface area contributed by atoms with Gasteiger partial charge in [0, 0.05) is 0 Å². The van der Waals surface area contributed by atoms with E-state index in [9.17, 15) is 13.7 Å². The summed E-state index contributed by atoms with van der Waals surface area (Å²) in [4.78, 5) is 0.614. The zero-order valence-electron chi connectivity index (χ0n) is 11.5. The number of rotatable bonds is 2. The van der Waals surface area contributed by atoms with E-state index < -0.39 is 9.84 Å². The first-order valence-corrected chi connectivity index (χ1v) is 8.44. The van der Waals surface area contributed by atoms with E-state index in [1.54, 1.807) is 48.5 Å². The highest BCUT2D eigenvalue weighted by Crippen LogP contribution is 2.33. The first kappa shape index (κ1) is 13.8. The molecule has 0 aliphatic heterocycles. The first-order valence-electron chi connectivity index (χ1n) is 6.95. The molecule has 3 nitrogen and oxygen atoms in total. The third-order valence-electron chi connectivity index (χ3n) is 3.95. The number of sulfone groups is 1. The standard InChI is InChI=1S/C17H15NO2S/c18-12-14-6-4-5-13-11-16(9-10-17(13)14)21(19,20)15-7-2-1-3-8-15/h1-3,7-11,14H,4-6H2. The van der Waals surface area contributed by atoms with Gasteiger partial charge in [-0.2, -0.15) is 5.26 Å². The van der Waals surface area contributed by atoms with E-state index in [2.05, 4.69) is 6.07 Å². The lowest BCUT2D eigenvalue weighted by Gasteiger charge is -2.21. The third kappa shape index (κ3) is 2.45. The van der Waals surface area contributed by atoms with E-state index >= 15 is 0 Å². The Kier molecular flexibility index (Phi) is 3.52. The van der Waals surface area contributed by atoms with E-state index in [1.165, 1.54) is 0 Å². The molecule has 1 unspecified atom stereocenters. The van der Waals surface area contributed by atoms with Crippen LogP contribution in [0.4, 0.5) is 0 Å². The highest BCUT2D eigenvalue weighted by molar-refractivity contribution is 7.91. The SMILES string of the molecule is N#CC1CCCc2cc(S(=O)(=O)c3ccccc3)ccc21. The molecular weight excluding hydrogens is 282 g/mol. The third-order valence-corrected chi connectivity index (χ3v) is 5.72. The van der Waals surface area contributed by atoms with Gasteiger partial charge in [0.25, 0.3) is 0 Å². The molecule has 0 amide bonds. The normalized spacial score (nSPS) is 17.8. The summed E-state index contributed by atoms with van der Waals surface area (Å²) in [7, 11) is -3.48. The fraction of sp³-hybridized carbons (Fsp3) is 0.235. The Morgan fingerprint density at radius 2 is 1.81 bits per heavy atom. The van der Waals surface area contributed by atoms with Crippen LogP contribution in [-0.4, -0.2) is 8.42 Å². The smallest absolute Gasteiger partial charge is 0.206 e. The molecule has 2 aromatic carbocycles. The number of hydrogen-bond donors (Lipinski definition) is 0. The minimum atomic E-state index is -3.48. The molecule has 1 aliphatic rings. The van der Waals surface area contributed by atoms with Crippen molar-refractivity contribution in [2.75, 3.05) is 0 Å². The summed E-state index contributed by atoms with van der Waals surface area (Å²) in [5.74, 6) is -0.109. The van der Waals surface area contributed by atoms with Crippen LogP contribution in [0.15, 0.2) is 58.3 Å². The molecular formula is C17H15NO2S. The van der Waals surface area contributed by atoms with Gasteiger partial charge >= 0.3 is 0 Å². The van der Waals surface area contributed by atoms with Crippen molar-refractivity contribution in [1.29, 1.82) is 5.26 Å². The lowest BCUT2D eigenvalue weighted by Crippen LogP contribution is -2.10. The van der Waals surface area contributed by atoms with Gasteiger partial charge in [0.15, 0.2) is 0 Å². The number of aryl methyl sites for hydroxylation is 1. The minimum Gasteiger partial charge on any atom is -0.219 e. The van der Waals surface area contributed by atoms with E-state index in [0.29, 0.717) is 9.79 Å². The van der Waals surface area contributed by atoms with Gasteiger partial charge in [-0.25, -0.2) is 8.42 Å².